The maximum atomic E-state index is 12.1. The van der Waals surface area contributed by atoms with Gasteiger partial charge < -0.3 is 14.4 Å². The SMILES string of the molecule is COc1cccc(C2=NOC3(CCN(OC(=O)Nc4ccccc4Cl)CC3)C2)c1. The van der Waals surface area contributed by atoms with E-state index in [0.717, 1.165) is 23.4 Å². The zero-order valence-corrected chi connectivity index (χ0v) is 16.8. The van der Waals surface area contributed by atoms with Gasteiger partial charge in [0, 0.05) is 37.9 Å². The van der Waals surface area contributed by atoms with E-state index in [1.54, 1.807) is 36.4 Å². The summed E-state index contributed by atoms with van der Waals surface area (Å²) in [6.45, 7) is 1.13. The number of methoxy groups -OCH3 is 1. The van der Waals surface area contributed by atoms with Gasteiger partial charge in [-0.25, -0.2) is 4.79 Å². The van der Waals surface area contributed by atoms with Gasteiger partial charge in [0.1, 0.15) is 11.4 Å². The summed E-state index contributed by atoms with van der Waals surface area (Å²) < 4.78 is 5.29. The van der Waals surface area contributed by atoms with Crippen molar-refractivity contribution in [2.24, 2.45) is 5.16 Å². The van der Waals surface area contributed by atoms with Crippen molar-refractivity contribution in [3.05, 3.63) is 59.1 Å². The van der Waals surface area contributed by atoms with E-state index < -0.39 is 6.09 Å². The van der Waals surface area contributed by atoms with Gasteiger partial charge in [0.25, 0.3) is 0 Å². The van der Waals surface area contributed by atoms with Gasteiger partial charge in [-0.1, -0.05) is 41.0 Å². The van der Waals surface area contributed by atoms with Crippen molar-refractivity contribution in [3.63, 3.8) is 0 Å². The van der Waals surface area contributed by atoms with Crippen molar-refractivity contribution in [3.8, 4) is 5.75 Å². The van der Waals surface area contributed by atoms with Crippen LogP contribution in [-0.2, 0) is 9.68 Å². The molecule has 29 heavy (non-hydrogen) atoms. The number of rotatable bonds is 4. The van der Waals surface area contributed by atoms with Crippen LogP contribution in [0.4, 0.5) is 10.5 Å². The first kappa shape index (κ1) is 19.5. The molecule has 0 saturated carbocycles. The van der Waals surface area contributed by atoms with Gasteiger partial charge in [0.05, 0.1) is 23.5 Å². The summed E-state index contributed by atoms with van der Waals surface area (Å²) in [4.78, 5) is 23.4. The highest BCUT2D eigenvalue weighted by atomic mass is 35.5. The Bertz CT molecular complexity index is 926. The molecule has 2 aromatic carbocycles. The molecule has 152 valence electrons. The van der Waals surface area contributed by atoms with Gasteiger partial charge in [0.2, 0.25) is 0 Å². The number of carbonyl (C=O) groups excluding carboxylic acids is 1. The number of para-hydroxylation sites is 1. The molecular formula is C21H22ClN3O4. The Morgan fingerprint density at radius 3 is 2.76 bits per heavy atom. The van der Waals surface area contributed by atoms with Crippen molar-refractivity contribution in [1.82, 2.24) is 5.06 Å². The number of oxime groups is 1. The summed E-state index contributed by atoms with van der Waals surface area (Å²) in [5.41, 5.74) is 2.08. The van der Waals surface area contributed by atoms with Gasteiger partial charge in [-0.3, -0.25) is 5.32 Å². The molecule has 2 heterocycles. The molecule has 0 unspecified atom stereocenters. The highest BCUT2D eigenvalue weighted by Gasteiger charge is 2.43. The summed E-state index contributed by atoms with van der Waals surface area (Å²) in [5, 5.41) is 9.08. The predicted molar refractivity (Wildman–Crippen MR) is 110 cm³/mol. The van der Waals surface area contributed by atoms with Gasteiger partial charge in [-0.05, 0) is 24.3 Å². The second kappa shape index (κ2) is 8.31. The summed E-state index contributed by atoms with van der Waals surface area (Å²) in [6, 6.07) is 14.8. The van der Waals surface area contributed by atoms with Crippen molar-refractivity contribution in [2.75, 3.05) is 25.5 Å². The maximum absolute atomic E-state index is 12.1. The number of hydroxylamine groups is 2. The van der Waals surface area contributed by atoms with Crippen LogP contribution in [0.5, 0.6) is 5.75 Å². The van der Waals surface area contributed by atoms with Crippen molar-refractivity contribution in [1.29, 1.82) is 0 Å². The third kappa shape index (κ3) is 4.46. The van der Waals surface area contributed by atoms with Crippen molar-refractivity contribution < 1.29 is 19.2 Å². The van der Waals surface area contributed by atoms with Crippen LogP contribution >= 0.6 is 11.6 Å². The van der Waals surface area contributed by atoms with Crippen LogP contribution in [0.3, 0.4) is 0 Å². The normalized spacial score (nSPS) is 18.1. The molecule has 8 heteroatoms. The Balaban J connectivity index is 1.29. The second-order valence-corrected chi connectivity index (χ2v) is 7.54. The van der Waals surface area contributed by atoms with Gasteiger partial charge in [0.15, 0.2) is 0 Å². The fraction of sp³-hybridized carbons (Fsp3) is 0.333. The lowest BCUT2D eigenvalue weighted by atomic mass is 9.86. The van der Waals surface area contributed by atoms with Crippen molar-refractivity contribution in [2.45, 2.75) is 24.9 Å². The molecule has 0 bridgehead atoms. The Labute approximate surface area is 174 Å². The summed E-state index contributed by atoms with van der Waals surface area (Å²) in [6.07, 6.45) is 1.58. The maximum Gasteiger partial charge on any atom is 0.430 e. The molecule has 1 saturated heterocycles. The Kier molecular flexibility index (Phi) is 5.60. The molecular weight excluding hydrogens is 394 g/mol. The molecule has 1 spiro atoms. The number of nitrogens with zero attached hydrogens (tertiary/aromatic N) is 2. The fourth-order valence-electron chi connectivity index (χ4n) is 3.54. The minimum absolute atomic E-state index is 0.350. The van der Waals surface area contributed by atoms with Crippen LogP contribution in [0.2, 0.25) is 5.02 Å². The monoisotopic (exact) mass is 415 g/mol. The zero-order valence-electron chi connectivity index (χ0n) is 16.1. The van der Waals surface area contributed by atoms with Crippen molar-refractivity contribution >= 4 is 29.1 Å². The van der Waals surface area contributed by atoms with E-state index in [4.69, 9.17) is 26.0 Å². The number of carbonyl (C=O) groups is 1. The van der Waals surface area contributed by atoms with Crippen LogP contribution in [0.25, 0.3) is 0 Å². The molecule has 7 nitrogen and oxygen atoms in total. The number of hydrogen-bond donors (Lipinski definition) is 1. The topological polar surface area (TPSA) is 72.4 Å². The van der Waals surface area contributed by atoms with Crippen LogP contribution in [0.1, 0.15) is 24.8 Å². The number of benzene rings is 2. The molecule has 4 rings (SSSR count). The molecule has 1 fully saturated rings. The lowest BCUT2D eigenvalue weighted by molar-refractivity contribution is -0.154. The molecule has 0 aromatic heterocycles. The molecule has 0 radical (unpaired) electrons. The predicted octanol–water partition coefficient (Wildman–Crippen LogP) is 4.47. The average Bonchev–Trinajstić information content (AvgIpc) is 3.15. The molecule has 1 N–H and O–H groups in total. The molecule has 0 aliphatic carbocycles. The number of anilines is 1. The molecule has 2 aromatic rings. The first-order valence-corrected chi connectivity index (χ1v) is 9.83. The summed E-state index contributed by atoms with van der Waals surface area (Å²) in [5.74, 6) is 0.791. The minimum Gasteiger partial charge on any atom is -0.497 e. The lowest BCUT2D eigenvalue weighted by Gasteiger charge is -2.35. The number of amides is 1. The van der Waals surface area contributed by atoms with Gasteiger partial charge in [-0.15, -0.1) is 5.06 Å². The largest absolute Gasteiger partial charge is 0.497 e. The number of piperidine rings is 1. The lowest BCUT2D eigenvalue weighted by Crippen LogP contribution is -2.45. The zero-order chi connectivity index (χ0) is 20.3. The van der Waals surface area contributed by atoms with Crippen LogP contribution in [0, 0.1) is 0 Å². The number of hydrogen-bond acceptors (Lipinski definition) is 6. The third-order valence-corrected chi connectivity index (χ3v) is 5.53. The van der Waals surface area contributed by atoms with Crippen LogP contribution in [0.15, 0.2) is 53.7 Å². The first-order chi connectivity index (χ1) is 14.1. The number of halogens is 1. The van der Waals surface area contributed by atoms with E-state index in [1.807, 2.05) is 24.3 Å². The molecule has 2 aliphatic rings. The van der Waals surface area contributed by atoms with E-state index in [1.165, 1.54) is 0 Å². The Morgan fingerprint density at radius 2 is 2.00 bits per heavy atom. The summed E-state index contributed by atoms with van der Waals surface area (Å²) in [7, 11) is 1.64. The van der Waals surface area contributed by atoms with E-state index in [2.05, 4.69) is 10.5 Å². The summed E-state index contributed by atoms with van der Waals surface area (Å²) >= 11 is 6.06. The van der Waals surface area contributed by atoms with Gasteiger partial charge >= 0.3 is 6.09 Å². The van der Waals surface area contributed by atoms with E-state index in [9.17, 15) is 4.79 Å². The van der Waals surface area contributed by atoms with Gasteiger partial charge in [-0.2, -0.15) is 0 Å². The van der Waals surface area contributed by atoms with E-state index in [0.29, 0.717) is 36.6 Å². The standard InChI is InChI=1S/C21H22ClN3O4/c1-27-16-6-4-5-15(13-16)19-14-21(29-24-19)9-11-25(12-10-21)28-20(26)23-18-8-3-2-7-17(18)22/h2-8,13H,9-12,14H2,1H3,(H,23,26). The molecule has 0 atom stereocenters. The van der Waals surface area contributed by atoms with Crippen LogP contribution < -0.4 is 10.1 Å². The Hall–Kier alpha value is -2.77. The average molecular weight is 416 g/mol. The third-order valence-electron chi connectivity index (χ3n) is 5.20. The van der Waals surface area contributed by atoms with E-state index in [-0.39, 0.29) is 5.60 Å². The number of nitrogens with one attached hydrogen (secondary N) is 1. The molecule has 1 amide bonds. The second-order valence-electron chi connectivity index (χ2n) is 7.13. The highest BCUT2D eigenvalue weighted by Crippen LogP contribution is 2.36. The van der Waals surface area contributed by atoms with E-state index >= 15 is 0 Å². The smallest absolute Gasteiger partial charge is 0.430 e. The van der Waals surface area contributed by atoms with Crippen LogP contribution in [-0.4, -0.2) is 42.7 Å². The fourth-order valence-corrected chi connectivity index (χ4v) is 3.73. The number of ether oxygens (including phenoxy) is 1. The highest BCUT2D eigenvalue weighted by molar-refractivity contribution is 6.33. The minimum atomic E-state index is -0.560. The quantitative estimate of drug-likeness (QED) is 0.797. The molecule has 2 aliphatic heterocycles. The first-order valence-electron chi connectivity index (χ1n) is 9.45. The Morgan fingerprint density at radius 1 is 1.21 bits per heavy atom.